The summed E-state index contributed by atoms with van der Waals surface area (Å²) in [4.78, 5) is 25.8. The summed E-state index contributed by atoms with van der Waals surface area (Å²) in [7, 11) is 0. The molecule has 0 saturated carbocycles. The number of ether oxygens (including phenoxy) is 2. The summed E-state index contributed by atoms with van der Waals surface area (Å²) in [6.07, 6.45) is 3.53. The first-order valence-corrected chi connectivity index (χ1v) is 12.8. The molecule has 7 heteroatoms. The Bertz CT molecular complexity index is 1300. The van der Waals surface area contributed by atoms with E-state index >= 15 is 0 Å². The van der Waals surface area contributed by atoms with E-state index in [0.29, 0.717) is 22.7 Å². The van der Waals surface area contributed by atoms with Crippen LogP contribution in [0.25, 0.3) is 17.2 Å². The lowest BCUT2D eigenvalue weighted by molar-refractivity contribution is -0.112. The first-order chi connectivity index (χ1) is 17.4. The molecule has 36 heavy (non-hydrogen) atoms. The summed E-state index contributed by atoms with van der Waals surface area (Å²) < 4.78 is 10.9. The molecule has 3 aromatic rings. The van der Waals surface area contributed by atoms with E-state index in [9.17, 15) is 14.9 Å². The molecule has 6 nitrogen and oxygen atoms in total. The third-order valence-corrected chi connectivity index (χ3v) is 6.53. The van der Waals surface area contributed by atoms with Crippen LogP contribution in [0.15, 0.2) is 53.4 Å². The Kier molecular flexibility index (Phi) is 9.43. The van der Waals surface area contributed by atoms with Gasteiger partial charge in [0.05, 0.1) is 13.2 Å². The number of carbonyl (C=O) groups excluding carboxylic acids is 2. The number of carbonyl (C=O) groups is 2. The van der Waals surface area contributed by atoms with Crippen LogP contribution in [0, 0.1) is 25.2 Å². The Labute approximate surface area is 216 Å². The zero-order chi connectivity index (χ0) is 26.1. The number of amides is 1. The quantitative estimate of drug-likeness (QED) is 0.140. The highest BCUT2D eigenvalue weighted by Gasteiger charge is 2.24. The molecule has 0 fully saturated rings. The van der Waals surface area contributed by atoms with Crippen molar-refractivity contribution in [1.29, 1.82) is 5.26 Å². The number of benzene rings is 2. The van der Waals surface area contributed by atoms with E-state index in [0.717, 1.165) is 35.3 Å². The molecule has 3 rings (SSSR count). The molecule has 0 atom stereocenters. The molecule has 0 bridgehead atoms. The van der Waals surface area contributed by atoms with Crippen LogP contribution < -0.4 is 10.1 Å². The Balaban J connectivity index is 1.86. The zero-order valence-electron chi connectivity index (χ0n) is 21.0. The third kappa shape index (κ3) is 6.61. The molecule has 1 aromatic heterocycles. The van der Waals surface area contributed by atoms with E-state index in [4.69, 9.17) is 9.47 Å². The number of rotatable bonds is 10. The van der Waals surface area contributed by atoms with Crippen LogP contribution in [0.1, 0.15) is 53.7 Å². The fourth-order valence-electron chi connectivity index (χ4n) is 3.46. The molecular formula is C29H30N2O4S. The van der Waals surface area contributed by atoms with Crippen molar-refractivity contribution in [2.24, 2.45) is 0 Å². The van der Waals surface area contributed by atoms with E-state index in [-0.39, 0.29) is 17.7 Å². The van der Waals surface area contributed by atoms with Gasteiger partial charge in [-0.25, -0.2) is 4.79 Å². The normalized spacial score (nSPS) is 11.0. The number of anilines is 1. The first kappa shape index (κ1) is 26.7. The van der Waals surface area contributed by atoms with Crippen molar-refractivity contribution in [3.05, 3.63) is 75.7 Å². The van der Waals surface area contributed by atoms with E-state index in [1.165, 1.54) is 17.4 Å². The molecule has 0 saturated heterocycles. The van der Waals surface area contributed by atoms with Crippen molar-refractivity contribution in [2.45, 2.75) is 40.5 Å². The topological polar surface area (TPSA) is 88.4 Å². The molecule has 2 aromatic carbocycles. The third-order valence-electron chi connectivity index (χ3n) is 5.64. The van der Waals surface area contributed by atoms with Crippen molar-refractivity contribution >= 4 is 34.3 Å². The SMILES string of the molecule is CCCCOc1ccc(/C=C(\C#N)C(=O)Nc2scc(-c3ccc(C)c(C)c3)c2C(=O)OCC)cc1. The van der Waals surface area contributed by atoms with Crippen LogP contribution in [0.4, 0.5) is 5.00 Å². The lowest BCUT2D eigenvalue weighted by Gasteiger charge is -2.10. The van der Waals surface area contributed by atoms with Crippen molar-refractivity contribution in [2.75, 3.05) is 18.5 Å². The van der Waals surface area contributed by atoms with Gasteiger partial charge in [0.1, 0.15) is 28.0 Å². The Morgan fingerprint density at radius 2 is 1.83 bits per heavy atom. The Morgan fingerprint density at radius 1 is 1.08 bits per heavy atom. The molecule has 0 unspecified atom stereocenters. The Morgan fingerprint density at radius 3 is 2.47 bits per heavy atom. The minimum atomic E-state index is -0.597. The van der Waals surface area contributed by atoms with Crippen LogP contribution in [0.2, 0.25) is 0 Å². The fourth-order valence-corrected chi connectivity index (χ4v) is 4.41. The maximum absolute atomic E-state index is 13.0. The van der Waals surface area contributed by atoms with Gasteiger partial charge in [-0.15, -0.1) is 11.3 Å². The number of hydrogen-bond acceptors (Lipinski definition) is 6. The van der Waals surface area contributed by atoms with Gasteiger partial charge in [-0.1, -0.05) is 43.7 Å². The maximum atomic E-state index is 13.0. The smallest absolute Gasteiger partial charge is 0.341 e. The molecule has 0 aliphatic heterocycles. The number of nitrogens with one attached hydrogen (secondary N) is 1. The van der Waals surface area contributed by atoms with Gasteiger partial charge >= 0.3 is 5.97 Å². The number of thiophene rings is 1. The standard InChI is InChI=1S/C29H30N2O4S/c1-5-7-14-35-24-12-9-21(10-13-24)16-23(17-30)27(32)31-28-26(29(33)34-6-2)25(18-36-28)22-11-8-19(3)20(4)15-22/h8-13,15-16,18H,5-7,14H2,1-4H3,(H,31,32)/b23-16+. The second kappa shape index (κ2) is 12.7. The van der Waals surface area contributed by atoms with Crippen LogP contribution in [-0.4, -0.2) is 25.1 Å². The summed E-state index contributed by atoms with van der Waals surface area (Å²) in [5, 5.41) is 14.5. The molecule has 186 valence electrons. The van der Waals surface area contributed by atoms with Crippen LogP contribution in [0.3, 0.4) is 0 Å². The highest BCUT2D eigenvalue weighted by Crippen LogP contribution is 2.37. The van der Waals surface area contributed by atoms with E-state index in [1.54, 1.807) is 19.1 Å². The summed E-state index contributed by atoms with van der Waals surface area (Å²) in [6.45, 7) is 8.71. The average Bonchev–Trinajstić information content (AvgIpc) is 3.28. The van der Waals surface area contributed by atoms with Gasteiger partial charge in [-0.2, -0.15) is 5.26 Å². The average molecular weight is 503 g/mol. The van der Waals surface area contributed by atoms with Gasteiger partial charge in [0.15, 0.2) is 0 Å². The molecule has 0 radical (unpaired) electrons. The van der Waals surface area contributed by atoms with Crippen LogP contribution >= 0.6 is 11.3 Å². The summed E-state index contributed by atoms with van der Waals surface area (Å²) in [6, 6.07) is 15.1. The van der Waals surface area contributed by atoms with Gasteiger partial charge in [0.25, 0.3) is 5.91 Å². The molecule has 1 heterocycles. The summed E-state index contributed by atoms with van der Waals surface area (Å²) in [5.74, 6) is -0.386. The van der Waals surface area contributed by atoms with E-state index < -0.39 is 11.9 Å². The van der Waals surface area contributed by atoms with Gasteiger partial charge in [-0.3, -0.25) is 4.79 Å². The molecule has 0 aliphatic rings. The largest absolute Gasteiger partial charge is 0.494 e. The van der Waals surface area contributed by atoms with Gasteiger partial charge < -0.3 is 14.8 Å². The lowest BCUT2D eigenvalue weighted by Crippen LogP contribution is -2.16. The first-order valence-electron chi connectivity index (χ1n) is 11.9. The number of unbranched alkanes of at least 4 members (excludes halogenated alkanes) is 1. The minimum Gasteiger partial charge on any atom is -0.494 e. The van der Waals surface area contributed by atoms with Crippen molar-refractivity contribution in [3.8, 4) is 22.9 Å². The number of nitrogens with zero attached hydrogens (tertiary/aromatic N) is 1. The lowest BCUT2D eigenvalue weighted by atomic mass is 9.99. The predicted molar refractivity (Wildman–Crippen MR) is 144 cm³/mol. The molecule has 1 amide bonds. The van der Waals surface area contributed by atoms with Crippen molar-refractivity contribution < 1.29 is 19.1 Å². The van der Waals surface area contributed by atoms with Gasteiger partial charge in [-0.05, 0) is 67.7 Å². The van der Waals surface area contributed by atoms with Crippen molar-refractivity contribution in [3.63, 3.8) is 0 Å². The van der Waals surface area contributed by atoms with E-state index in [1.807, 2.05) is 55.6 Å². The second-order valence-corrected chi connectivity index (χ2v) is 9.15. The van der Waals surface area contributed by atoms with E-state index in [2.05, 4.69) is 12.2 Å². The summed E-state index contributed by atoms with van der Waals surface area (Å²) in [5.41, 5.74) is 4.67. The number of aryl methyl sites for hydroxylation is 2. The number of esters is 1. The summed E-state index contributed by atoms with van der Waals surface area (Å²) >= 11 is 1.22. The monoisotopic (exact) mass is 502 g/mol. The molecular weight excluding hydrogens is 472 g/mol. The maximum Gasteiger partial charge on any atom is 0.341 e. The van der Waals surface area contributed by atoms with Crippen LogP contribution in [-0.2, 0) is 9.53 Å². The fraction of sp³-hybridized carbons (Fsp3) is 0.276. The predicted octanol–water partition coefficient (Wildman–Crippen LogP) is 6.93. The van der Waals surface area contributed by atoms with Crippen LogP contribution in [0.5, 0.6) is 5.75 Å². The van der Waals surface area contributed by atoms with Gasteiger partial charge in [0, 0.05) is 10.9 Å². The highest BCUT2D eigenvalue weighted by atomic mass is 32.1. The Hall–Kier alpha value is -3.89. The number of nitriles is 1. The minimum absolute atomic E-state index is 0.0782. The molecule has 0 spiro atoms. The molecule has 1 N–H and O–H groups in total. The molecule has 0 aliphatic carbocycles. The zero-order valence-corrected chi connectivity index (χ0v) is 21.8. The highest BCUT2D eigenvalue weighted by molar-refractivity contribution is 7.15. The number of hydrogen-bond donors (Lipinski definition) is 1. The second-order valence-electron chi connectivity index (χ2n) is 8.27. The van der Waals surface area contributed by atoms with Gasteiger partial charge in [0.2, 0.25) is 0 Å². The van der Waals surface area contributed by atoms with Crippen molar-refractivity contribution in [1.82, 2.24) is 0 Å².